The van der Waals surface area contributed by atoms with Gasteiger partial charge < -0.3 is 10.5 Å². The molecule has 0 amide bonds. The Labute approximate surface area is 112 Å². The van der Waals surface area contributed by atoms with Gasteiger partial charge in [0.1, 0.15) is 5.75 Å². The Kier molecular flexibility index (Phi) is 5.72. The van der Waals surface area contributed by atoms with Gasteiger partial charge >= 0.3 is 0 Å². The molecule has 0 aliphatic rings. The minimum absolute atomic E-state index is 0.0630. The zero-order valence-corrected chi connectivity index (χ0v) is 12.3. The van der Waals surface area contributed by atoms with Crippen LogP contribution in [0.5, 0.6) is 5.75 Å². The zero-order chi connectivity index (χ0) is 12.8. The van der Waals surface area contributed by atoms with E-state index in [1.165, 1.54) is 0 Å². The Morgan fingerprint density at radius 2 is 2.24 bits per heavy atom. The number of halogens is 1. The molecule has 94 valence electrons. The molecule has 2 N–H and O–H groups in total. The quantitative estimate of drug-likeness (QED) is 0.892. The van der Waals surface area contributed by atoms with Crippen molar-refractivity contribution in [3.8, 4) is 5.75 Å². The lowest BCUT2D eigenvalue weighted by Crippen LogP contribution is -2.15. The normalized spacial score (nSPS) is 13.6. The molecule has 3 heteroatoms. The molecule has 2 nitrogen and oxygen atoms in total. The molecule has 0 fully saturated rings. The largest absolute Gasteiger partial charge is 0.493 e. The smallest absolute Gasteiger partial charge is 0.126 e. The molecule has 1 rings (SSSR count). The SMILES string of the molecule is CCCOc1ccc(Br)cc1/C=C(/C)C(C)N. The standard InChI is InChI=1S/C14H20BrNO/c1-4-7-17-14-6-5-13(15)9-12(14)8-10(2)11(3)16/h5-6,8-9,11H,4,7,16H2,1-3H3/b10-8-. The predicted molar refractivity (Wildman–Crippen MR) is 77.2 cm³/mol. The summed E-state index contributed by atoms with van der Waals surface area (Å²) in [5.41, 5.74) is 8.07. The molecule has 17 heavy (non-hydrogen) atoms. The van der Waals surface area contributed by atoms with Gasteiger partial charge in [-0.1, -0.05) is 34.5 Å². The van der Waals surface area contributed by atoms with Crippen molar-refractivity contribution in [2.24, 2.45) is 5.73 Å². The molecule has 0 heterocycles. The highest BCUT2D eigenvalue weighted by molar-refractivity contribution is 9.10. The Morgan fingerprint density at radius 3 is 2.82 bits per heavy atom. The van der Waals surface area contributed by atoms with E-state index in [4.69, 9.17) is 10.5 Å². The zero-order valence-electron chi connectivity index (χ0n) is 10.7. The fraction of sp³-hybridized carbons (Fsp3) is 0.429. The van der Waals surface area contributed by atoms with Gasteiger partial charge in [-0.2, -0.15) is 0 Å². The summed E-state index contributed by atoms with van der Waals surface area (Å²) < 4.78 is 6.76. The Bertz CT molecular complexity index is 399. The molecule has 0 aliphatic heterocycles. The summed E-state index contributed by atoms with van der Waals surface area (Å²) in [6.07, 6.45) is 3.09. The monoisotopic (exact) mass is 297 g/mol. The van der Waals surface area contributed by atoms with E-state index < -0.39 is 0 Å². The molecule has 0 bridgehead atoms. The number of hydrogen-bond acceptors (Lipinski definition) is 2. The average Bonchev–Trinajstić information content (AvgIpc) is 2.28. The minimum Gasteiger partial charge on any atom is -0.493 e. The van der Waals surface area contributed by atoms with Crippen molar-refractivity contribution in [3.05, 3.63) is 33.8 Å². The first-order valence-electron chi connectivity index (χ1n) is 5.90. The van der Waals surface area contributed by atoms with E-state index in [2.05, 4.69) is 35.0 Å². The fourth-order valence-corrected chi connectivity index (χ4v) is 1.73. The van der Waals surface area contributed by atoms with Crippen molar-refractivity contribution in [1.29, 1.82) is 0 Å². The maximum atomic E-state index is 5.85. The molecule has 0 aromatic heterocycles. The van der Waals surface area contributed by atoms with Gasteiger partial charge in [-0.25, -0.2) is 0 Å². The third kappa shape index (κ3) is 4.52. The molecule has 1 unspecified atom stereocenters. The van der Waals surface area contributed by atoms with Crippen LogP contribution >= 0.6 is 15.9 Å². The topological polar surface area (TPSA) is 35.2 Å². The molecule has 1 aromatic carbocycles. The van der Waals surface area contributed by atoms with Gasteiger partial charge in [0.25, 0.3) is 0 Å². The first-order valence-corrected chi connectivity index (χ1v) is 6.70. The van der Waals surface area contributed by atoms with Gasteiger partial charge in [-0.05, 0) is 38.5 Å². The number of hydrogen-bond donors (Lipinski definition) is 1. The van der Waals surface area contributed by atoms with Crippen LogP contribution in [0.15, 0.2) is 28.2 Å². The molecule has 0 spiro atoms. The van der Waals surface area contributed by atoms with Gasteiger partial charge in [-0.3, -0.25) is 0 Å². The Balaban J connectivity index is 3.02. The van der Waals surface area contributed by atoms with Gasteiger partial charge in [0.2, 0.25) is 0 Å². The molecule has 1 atom stereocenters. The number of benzene rings is 1. The van der Waals surface area contributed by atoms with Crippen molar-refractivity contribution in [1.82, 2.24) is 0 Å². The summed E-state index contributed by atoms with van der Waals surface area (Å²) >= 11 is 3.48. The lowest BCUT2D eigenvalue weighted by Gasteiger charge is -2.11. The van der Waals surface area contributed by atoms with Crippen molar-refractivity contribution >= 4 is 22.0 Å². The second-order valence-corrected chi connectivity index (χ2v) is 5.12. The molecule has 0 radical (unpaired) electrons. The molecule has 1 aromatic rings. The maximum absolute atomic E-state index is 5.85. The van der Waals surface area contributed by atoms with Gasteiger partial charge in [-0.15, -0.1) is 0 Å². The minimum atomic E-state index is 0.0630. The Morgan fingerprint density at radius 1 is 1.53 bits per heavy atom. The first-order chi connectivity index (χ1) is 8.04. The third-order valence-corrected chi connectivity index (χ3v) is 3.03. The molecular formula is C14H20BrNO. The maximum Gasteiger partial charge on any atom is 0.126 e. The second-order valence-electron chi connectivity index (χ2n) is 4.21. The van der Waals surface area contributed by atoms with Crippen LogP contribution in [0.4, 0.5) is 0 Å². The van der Waals surface area contributed by atoms with E-state index >= 15 is 0 Å². The second kappa shape index (κ2) is 6.82. The summed E-state index contributed by atoms with van der Waals surface area (Å²) in [4.78, 5) is 0. The molecule has 0 aliphatic carbocycles. The summed E-state index contributed by atoms with van der Waals surface area (Å²) in [6.45, 7) is 6.85. The van der Waals surface area contributed by atoms with E-state index in [1.807, 2.05) is 26.0 Å². The molecule has 0 saturated carbocycles. The van der Waals surface area contributed by atoms with Crippen molar-refractivity contribution in [2.75, 3.05) is 6.61 Å². The molecular weight excluding hydrogens is 278 g/mol. The van der Waals surface area contributed by atoms with Crippen LogP contribution < -0.4 is 10.5 Å². The Hall–Kier alpha value is -0.800. The van der Waals surface area contributed by atoms with Crippen LogP contribution in [0.1, 0.15) is 32.8 Å². The highest BCUT2D eigenvalue weighted by Gasteiger charge is 2.04. The molecule has 0 saturated heterocycles. The van der Waals surface area contributed by atoms with E-state index in [1.54, 1.807) is 0 Å². The number of nitrogens with two attached hydrogens (primary N) is 1. The van der Waals surface area contributed by atoms with Crippen molar-refractivity contribution < 1.29 is 4.74 Å². The van der Waals surface area contributed by atoms with Crippen molar-refractivity contribution in [3.63, 3.8) is 0 Å². The van der Waals surface area contributed by atoms with Crippen LogP contribution in [0.25, 0.3) is 6.08 Å². The van der Waals surface area contributed by atoms with Crippen molar-refractivity contribution in [2.45, 2.75) is 33.2 Å². The van der Waals surface area contributed by atoms with E-state index in [9.17, 15) is 0 Å². The summed E-state index contributed by atoms with van der Waals surface area (Å²) in [6, 6.07) is 6.09. The van der Waals surface area contributed by atoms with E-state index in [-0.39, 0.29) is 6.04 Å². The highest BCUT2D eigenvalue weighted by atomic mass is 79.9. The first kappa shape index (κ1) is 14.3. The lowest BCUT2D eigenvalue weighted by atomic mass is 10.1. The number of rotatable bonds is 5. The van der Waals surface area contributed by atoms with Crippen LogP contribution in [0, 0.1) is 0 Å². The van der Waals surface area contributed by atoms with Crippen LogP contribution in [-0.4, -0.2) is 12.6 Å². The third-order valence-electron chi connectivity index (χ3n) is 2.53. The van der Waals surface area contributed by atoms with Gasteiger partial charge in [0.15, 0.2) is 0 Å². The summed E-state index contributed by atoms with van der Waals surface area (Å²) in [7, 11) is 0. The lowest BCUT2D eigenvalue weighted by molar-refractivity contribution is 0.316. The van der Waals surface area contributed by atoms with Crippen LogP contribution in [-0.2, 0) is 0 Å². The summed E-state index contributed by atoms with van der Waals surface area (Å²) in [5, 5.41) is 0. The van der Waals surface area contributed by atoms with Crippen LogP contribution in [0.2, 0.25) is 0 Å². The highest BCUT2D eigenvalue weighted by Crippen LogP contribution is 2.26. The van der Waals surface area contributed by atoms with E-state index in [0.29, 0.717) is 0 Å². The van der Waals surface area contributed by atoms with Gasteiger partial charge in [0, 0.05) is 16.1 Å². The summed E-state index contributed by atoms with van der Waals surface area (Å²) in [5.74, 6) is 0.912. The van der Waals surface area contributed by atoms with E-state index in [0.717, 1.165) is 34.4 Å². The van der Waals surface area contributed by atoms with Crippen LogP contribution in [0.3, 0.4) is 0 Å². The van der Waals surface area contributed by atoms with Gasteiger partial charge in [0.05, 0.1) is 6.61 Å². The predicted octanol–water partition coefficient (Wildman–Crippen LogP) is 3.99. The number of ether oxygens (including phenoxy) is 1. The fourth-order valence-electron chi connectivity index (χ4n) is 1.35. The average molecular weight is 298 g/mol.